The van der Waals surface area contributed by atoms with Crippen molar-refractivity contribution in [2.45, 2.75) is 45.7 Å². The number of nitrogens with one attached hydrogen (secondary N) is 1. The summed E-state index contributed by atoms with van der Waals surface area (Å²) in [5, 5.41) is 7.75. The van der Waals surface area contributed by atoms with E-state index >= 15 is 0 Å². The van der Waals surface area contributed by atoms with Crippen LogP contribution in [0.4, 0.5) is 0 Å². The van der Waals surface area contributed by atoms with Crippen LogP contribution in [0.3, 0.4) is 0 Å². The number of nitrogens with zero attached hydrogens (tertiary/aromatic N) is 2. The topological polar surface area (TPSA) is 29.9 Å². The van der Waals surface area contributed by atoms with Crippen LogP contribution in [-0.4, -0.2) is 16.8 Å². The van der Waals surface area contributed by atoms with E-state index in [1.54, 1.807) is 0 Å². The monoisotopic (exact) mass is 273 g/mol. The Balaban J connectivity index is 3.03. The fraction of sp³-hybridized carbons (Fsp3) is 0.727. The van der Waals surface area contributed by atoms with Crippen LogP contribution in [0.5, 0.6) is 0 Å². The highest BCUT2D eigenvalue weighted by Gasteiger charge is 2.19. The third kappa shape index (κ3) is 2.82. The minimum absolute atomic E-state index is 0.384. The highest BCUT2D eigenvalue weighted by atomic mass is 79.9. The van der Waals surface area contributed by atoms with Crippen molar-refractivity contribution in [3.8, 4) is 0 Å². The van der Waals surface area contributed by atoms with Gasteiger partial charge in [0, 0.05) is 6.04 Å². The summed E-state index contributed by atoms with van der Waals surface area (Å²) in [5.74, 6) is 0. The molecule has 0 saturated heterocycles. The zero-order chi connectivity index (χ0) is 11.4. The van der Waals surface area contributed by atoms with Crippen molar-refractivity contribution >= 4 is 15.9 Å². The molecule has 0 aliphatic heterocycles. The number of hydrogen-bond acceptors (Lipinski definition) is 2. The predicted molar refractivity (Wildman–Crippen MR) is 67.0 cm³/mol. The Labute approximate surface area is 100 Å². The van der Waals surface area contributed by atoms with Crippen molar-refractivity contribution < 1.29 is 0 Å². The lowest BCUT2D eigenvalue weighted by molar-refractivity contribution is 0.443. The molecule has 4 heteroatoms. The van der Waals surface area contributed by atoms with Gasteiger partial charge in [0.05, 0.1) is 22.4 Å². The molecule has 0 saturated carbocycles. The van der Waals surface area contributed by atoms with E-state index < -0.39 is 0 Å². The second-order valence-corrected chi connectivity index (χ2v) is 4.90. The number of hydrogen-bond donors (Lipinski definition) is 1. The molecule has 1 aromatic rings. The summed E-state index contributed by atoms with van der Waals surface area (Å²) in [6, 6.07) is 0.785. The first-order valence-corrected chi connectivity index (χ1v) is 6.31. The Kier molecular flexibility index (Phi) is 4.80. The average molecular weight is 274 g/mol. The number of halogens is 1. The lowest BCUT2D eigenvalue weighted by Gasteiger charge is -2.20. The van der Waals surface area contributed by atoms with Gasteiger partial charge in [-0.25, -0.2) is 0 Å². The third-order valence-electron chi connectivity index (χ3n) is 2.53. The molecule has 0 fully saturated rings. The summed E-state index contributed by atoms with van der Waals surface area (Å²) >= 11 is 3.57. The maximum Gasteiger partial charge on any atom is 0.0698 e. The van der Waals surface area contributed by atoms with Crippen LogP contribution < -0.4 is 5.32 Å². The summed E-state index contributed by atoms with van der Waals surface area (Å²) < 4.78 is 3.19. The molecule has 0 spiro atoms. The molecule has 0 aliphatic rings. The number of rotatable bonds is 5. The Hall–Kier alpha value is -0.350. The fourth-order valence-electron chi connectivity index (χ4n) is 1.79. The van der Waals surface area contributed by atoms with Crippen LogP contribution in [0.2, 0.25) is 0 Å². The second-order valence-electron chi connectivity index (χ2n) is 4.05. The normalized spacial score (nSPS) is 13.5. The van der Waals surface area contributed by atoms with Crippen molar-refractivity contribution in [2.75, 3.05) is 7.05 Å². The summed E-state index contributed by atoms with van der Waals surface area (Å²) in [4.78, 5) is 0. The van der Waals surface area contributed by atoms with E-state index in [-0.39, 0.29) is 0 Å². The Morgan fingerprint density at radius 2 is 2.20 bits per heavy atom. The first kappa shape index (κ1) is 12.7. The molecule has 1 atom stereocenters. The maximum atomic E-state index is 4.40. The Morgan fingerprint density at radius 1 is 1.53 bits per heavy atom. The van der Waals surface area contributed by atoms with E-state index in [2.05, 4.69) is 51.8 Å². The molecule has 0 bridgehead atoms. The maximum absolute atomic E-state index is 4.40. The van der Waals surface area contributed by atoms with Gasteiger partial charge in [-0.05, 0) is 43.2 Å². The lowest BCUT2D eigenvalue weighted by atomic mass is 10.1. The van der Waals surface area contributed by atoms with E-state index in [0.29, 0.717) is 12.1 Å². The quantitative estimate of drug-likeness (QED) is 0.893. The molecule has 3 nitrogen and oxygen atoms in total. The summed E-state index contributed by atoms with van der Waals surface area (Å²) in [6.07, 6.45) is 4.18. The number of aromatic nitrogens is 2. The Morgan fingerprint density at radius 3 is 2.67 bits per heavy atom. The second kappa shape index (κ2) is 5.66. The van der Waals surface area contributed by atoms with Gasteiger partial charge in [-0.2, -0.15) is 5.10 Å². The largest absolute Gasteiger partial charge is 0.312 e. The van der Waals surface area contributed by atoms with Gasteiger partial charge in [0.25, 0.3) is 0 Å². The SMILES string of the molecule is CCCC(NC)c1c(Br)cnn1C(C)C. The minimum Gasteiger partial charge on any atom is -0.312 e. The van der Waals surface area contributed by atoms with Gasteiger partial charge in [-0.1, -0.05) is 13.3 Å². The Bertz CT molecular complexity index is 307. The first-order chi connectivity index (χ1) is 7.11. The molecular weight excluding hydrogens is 254 g/mol. The molecule has 1 unspecified atom stereocenters. The predicted octanol–water partition coefficient (Wildman–Crippen LogP) is 3.29. The molecule has 1 N–H and O–H groups in total. The van der Waals surface area contributed by atoms with Gasteiger partial charge in [0.15, 0.2) is 0 Å². The molecule has 1 rings (SSSR count). The van der Waals surface area contributed by atoms with Gasteiger partial charge in [0.2, 0.25) is 0 Å². The smallest absolute Gasteiger partial charge is 0.0698 e. The van der Waals surface area contributed by atoms with Crippen LogP contribution in [0.25, 0.3) is 0 Å². The van der Waals surface area contributed by atoms with Crippen molar-refractivity contribution in [1.82, 2.24) is 15.1 Å². The van der Waals surface area contributed by atoms with Gasteiger partial charge in [-0.15, -0.1) is 0 Å². The van der Waals surface area contributed by atoms with Crippen LogP contribution in [0.15, 0.2) is 10.7 Å². The van der Waals surface area contributed by atoms with E-state index in [0.717, 1.165) is 10.9 Å². The summed E-state index contributed by atoms with van der Waals surface area (Å²) in [6.45, 7) is 6.51. The van der Waals surface area contributed by atoms with Gasteiger partial charge in [-0.3, -0.25) is 4.68 Å². The highest BCUT2D eigenvalue weighted by Crippen LogP contribution is 2.28. The molecule has 0 radical (unpaired) electrons. The zero-order valence-corrected chi connectivity index (χ0v) is 11.5. The third-order valence-corrected chi connectivity index (χ3v) is 3.14. The van der Waals surface area contributed by atoms with Crippen molar-refractivity contribution in [1.29, 1.82) is 0 Å². The van der Waals surface area contributed by atoms with Crippen molar-refractivity contribution in [3.63, 3.8) is 0 Å². The molecule has 0 amide bonds. The fourth-order valence-corrected chi connectivity index (χ4v) is 2.34. The summed E-state index contributed by atoms with van der Waals surface area (Å²) in [7, 11) is 2.00. The first-order valence-electron chi connectivity index (χ1n) is 5.52. The molecule has 15 heavy (non-hydrogen) atoms. The van der Waals surface area contributed by atoms with Crippen LogP contribution in [0.1, 0.15) is 51.4 Å². The molecule has 1 heterocycles. The van der Waals surface area contributed by atoms with Crippen LogP contribution >= 0.6 is 15.9 Å². The van der Waals surface area contributed by atoms with E-state index in [1.807, 2.05) is 13.2 Å². The highest BCUT2D eigenvalue weighted by molar-refractivity contribution is 9.10. The van der Waals surface area contributed by atoms with Crippen LogP contribution in [0, 0.1) is 0 Å². The summed E-state index contributed by atoms with van der Waals surface area (Å²) in [5.41, 5.74) is 1.26. The molecule has 0 aliphatic carbocycles. The molecule has 86 valence electrons. The van der Waals surface area contributed by atoms with Crippen molar-refractivity contribution in [2.24, 2.45) is 0 Å². The molecular formula is C11H20BrN3. The minimum atomic E-state index is 0.384. The van der Waals surface area contributed by atoms with Gasteiger partial charge >= 0.3 is 0 Å². The average Bonchev–Trinajstić information content (AvgIpc) is 2.57. The van der Waals surface area contributed by atoms with E-state index in [1.165, 1.54) is 12.1 Å². The van der Waals surface area contributed by atoms with Crippen LogP contribution in [-0.2, 0) is 0 Å². The zero-order valence-electron chi connectivity index (χ0n) is 9.92. The van der Waals surface area contributed by atoms with Gasteiger partial charge < -0.3 is 5.32 Å². The van der Waals surface area contributed by atoms with E-state index in [4.69, 9.17) is 0 Å². The molecule has 1 aromatic heterocycles. The molecule has 0 aromatic carbocycles. The lowest BCUT2D eigenvalue weighted by Crippen LogP contribution is -2.21. The van der Waals surface area contributed by atoms with E-state index in [9.17, 15) is 0 Å². The van der Waals surface area contributed by atoms with Gasteiger partial charge in [0.1, 0.15) is 0 Å². The van der Waals surface area contributed by atoms with Crippen molar-refractivity contribution in [3.05, 3.63) is 16.4 Å². The standard InChI is InChI=1S/C11H20BrN3/c1-5-6-10(13-4)11-9(12)7-14-15(11)8(2)3/h7-8,10,13H,5-6H2,1-4H3.